The molecule has 0 saturated heterocycles. The van der Waals surface area contributed by atoms with Gasteiger partial charge in [-0.25, -0.2) is 14.8 Å². The van der Waals surface area contributed by atoms with Gasteiger partial charge in [0, 0.05) is 12.1 Å². The van der Waals surface area contributed by atoms with Crippen molar-refractivity contribution in [3.8, 4) is 0 Å². The Morgan fingerprint density at radius 2 is 2.17 bits per heavy atom. The predicted molar refractivity (Wildman–Crippen MR) is 68.5 cm³/mol. The second-order valence-corrected chi connectivity index (χ2v) is 4.49. The summed E-state index contributed by atoms with van der Waals surface area (Å²) in [5.74, 6) is 0.312. The average Bonchev–Trinajstić information content (AvgIpc) is 2.40. The van der Waals surface area contributed by atoms with Gasteiger partial charge in [-0.05, 0) is 19.8 Å². The van der Waals surface area contributed by atoms with Crippen molar-refractivity contribution in [3.05, 3.63) is 18.1 Å². The van der Waals surface area contributed by atoms with E-state index in [1.165, 1.54) is 38.4 Å². The Hall–Kier alpha value is -1.65. The summed E-state index contributed by atoms with van der Waals surface area (Å²) < 4.78 is 4.92. The van der Waals surface area contributed by atoms with Crippen LogP contribution in [-0.4, -0.2) is 28.6 Å². The summed E-state index contributed by atoms with van der Waals surface area (Å²) in [7, 11) is 0. The Bertz CT molecular complexity index is 403. The lowest BCUT2D eigenvalue weighted by molar-refractivity contribution is 0.0519. The van der Waals surface area contributed by atoms with Crippen molar-refractivity contribution >= 4 is 11.8 Å². The number of rotatable bonds is 4. The van der Waals surface area contributed by atoms with E-state index in [1.807, 2.05) is 0 Å². The summed E-state index contributed by atoms with van der Waals surface area (Å²) >= 11 is 0. The molecule has 1 N–H and O–H groups in total. The van der Waals surface area contributed by atoms with Crippen molar-refractivity contribution in [3.63, 3.8) is 0 Å². The number of ether oxygens (including phenoxy) is 1. The van der Waals surface area contributed by atoms with Gasteiger partial charge in [-0.3, -0.25) is 0 Å². The molecule has 2 rings (SSSR count). The van der Waals surface area contributed by atoms with Crippen molar-refractivity contribution in [2.24, 2.45) is 0 Å². The van der Waals surface area contributed by atoms with E-state index in [-0.39, 0.29) is 0 Å². The van der Waals surface area contributed by atoms with E-state index < -0.39 is 5.97 Å². The van der Waals surface area contributed by atoms with Gasteiger partial charge in [0.05, 0.1) is 6.61 Å². The van der Waals surface area contributed by atoms with Crippen LogP contribution in [0.4, 0.5) is 5.82 Å². The van der Waals surface area contributed by atoms with Crippen molar-refractivity contribution in [1.82, 2.24) is 9.97 Å². The maximum absolute atomic E-state index is 11.5. The lowest BCUT2D eigenvalue weighted by atomic mass is 9.95. The Kier molecular flexibility index (Phi) is 4.50. The molecule has 0 unspecified atom stereocenters. The van der Waals surface area contributed by atoms with E-state index in [4.69, 9.17) is 4.74 Å². The summed E-state index contributed by atoms with van der Waals surface area (Å²) in [6, 6.07) is 2.12. The molecule has 1 aliphatic carbocycles. The molecule has 1 aromatic rings. The second kappa shape index (κ2) is 6.33. The average molecular weight is 249 g/mol. The molecule has 0 atom stereocenters. The maximum Gasteiger partial charge on any atom is 0.357 e. The Balaban J connectivity index is 2.00. The van der Waals surface area contributed by atoms with Crippen LogP contribution in [0, 0.1) is 0 Å². The van der Waals surface area contributed by atoms with Gasteiger partial charge >= 0.3 is 5.97 Å². The number of hydrogen-bond donors (Lipinski definition) is 1. The number of anilines is 1. The lowest BCUT2D eigenvalue weighted by Gasteiger charge is -2.23. The largest absolute Gasteiger partial charge is 0.461 e. The normalized spacial score (nSPS) is 16.3. The zero-order valence-electron chi connectivity index (χ0n) is 10.7. The molecule has 1 aromatic heterocycles. The summed E-state index contributed by atoms with van der Waals surface area (Å²) in [4.78, 5) is 19.6. The monoisotopic (exact) mass is 249 g/mol. The third-order valence-electron chi connectivity index (χ3n) is 3.11. The highest BCUT2D eigenvalue weighted by atomic mass is 16.5. The molecule has 0 amide bonds. The number of esters is 1. The molecule has 0 radical (unpaired) electrons. The lowest BCUT2D eigenvalue weighted by Crippen LogP contribution is -2.23. The van der Waals surface area contributed by atoms with E-state index in [1.54, 1.807) is 13.0 Å². The zero-order valence-corrected chi connectivity index (χ0v) is 10.7. The van der Waals surface area contributed by atoms with Crippen LogP contribution in [0.1, 0.15) is 49.5 Å². The van der Waals surface area contributed by atoms with Gasteiger partial charge in [-0.15, -0.1) is 0 Å². The standard InChI is InChI=1S/C13H19N3O2/c1-2-18-13(17)11-8-12(15-9-14-11)16-10-6-4-3-5-7-10/h8-10H,2-7H2,1H3,(H,14,15,16). The molecule has 1 fully saturated rings. The Labute approximate surface area is 107 Å². The van der Waals surface area contributed by atoms with Crippen molar-refractivity contribution in [2.75, 3.05) is 11.9 Å². The fourth-order valence-corrected chi connectivity index (χ4v) is 2.21. The number of aromatic nitrogens is 2. The second-order valence-electron chi connectivity index (χ2n) is 4.49. The first-order valence-electron chi connectivity index (χ1n) is 6.55. The minimum absolute atomic E-state index is 0.310. The molecule has 18 heavy (non-hydrogen) atoms. The number of carbonyl (C=O) groups excluding carboxylic acids is 1. The molecule has 1 saturated carbocycles. The minimum atomic E-state index is -0.397. The first-order chi connectivity index (χ1) is 8.79. The summed E-state index contributed by atoms with van der Waals surface area (Å²) in [5.41, 5.74) is 0.310. The van der Waals surface area contributed by atoms with E-state index in [2.05, 4.69) is 15.3 Å². The highest BCUT2D eigenvalue weighted by molar-refractivity contribution is 5.87. The van der Waals surface area contributed by atoms with Gasteiger partial charge in [0.25, 0.3) is 0 Å². The van der Waals surface area contributed by atoms with Gasteiger partial charge in [0.2, 0.25) is 0 Å². The van der Waals surface area contributed by atoms with Gasteiger partial charge < -0.3 is 10.1 Å². The van der Waals surface area contributed by atoms with E-state index in [0.717, 1.165) is 0 Å². The molecule has 0 bridgehead atoms. The molecule has 0 aliphatic heterocycles. The number of carbonyl (C=O) groups is 1. The number of hydrogen-bond acceptors (Lipinski definition) is 5. The van der Waals surface area contributed by atoms with Crippen LogP contribution in [0.5, 0.6) is 0 Å². The van der Waals surface area contributed by atoms with Crippen LogP contribution >= 0.6 is 0 Å². The van der Waals surface area contributed by atoms with Crippen molar-refractivity contribution < 1.29 is 9.53 Å². The maximum atomic E-state index is 11.5. The van der Waals surface area contributed by atoms with Crippen LogP contribution in [0.15, 0.2) is 12.4 Å². The third-order valence-corrected chi connectivity index (χ3v) is 3.11. The molecule has 1 aliphatic rings. The van der Waals surface area contributed by atoms with Crippen LogP contribution in [0.2, 0.25) is 0 Å². The molecule has 5 nitrogen and oxygen atoms in total. The highest BCUT2D eigenvalue weighted by Gasteiger charge is 2.15. The van der Waals surface area contributed by atoms with E-state index in [9.17, 15) is 4.79 Å². The number of nitrogens with zero attached hydrogens (tertiary/aromatic N) is 2. The third kappa shape index (κ3) is 3.42. The summed E-state index contributed by atoms with van der Waals surface area (Å²) in [5, 5.41) is 3.36. The van der Waals surface area contributed by atoms with Gasteiger partial charge in [-0.1, -0.05) is 19.3 Å². The summed E-state index contributed by atoms with van der Waals surface area (Å²) in [6.07, 6.45) is 7.56. The predicted octanol–water partition coefficient (Wildman–Crippen LogP) is 2.40. The highest BCUT2D eigenvalue weighted by Crippen LogP contribution is 2.20. The molecular formula is C13H19N3O2. The van der Waals surface area contributed by atoms with Crippen molar-refractivity contribution in [1.29, 1.82) is 0 Å². The SMILES string of the molecule is CCOC(=O)c1cc(NC2CCCCC2)ncn1. The molecule has 0 spiro atoms. The van der Waals surface area contributed by atoms with Crippen LogP contribution < -0.4 is 5.32 Å². The topological polar surface area (TPSA) is 64.1 Å². The van der Waals surface area contributed by atoms with Crippen LogP contribution in [0.3, 0.4) is 0 Å². The minimum Gasteiger partial charge on any atom is -0.461 e. The van der Waals surface area contributed by atoms with Gasteiger partial charge in [-0.2, -0.15) is 0 Å². The summed E-state index contributed by atoms with van der Waals surface area (Å²) in [6.45, 7) is 2.13. The first kappa shape index (κ1) is 12.8. The first-order valence-corrected chi connectivity index (χ1v) is 6.55. The molecular weight excluding hydrogens is 230 g/mol. The Morgan fingerprint density at radius 3 is 2.89 bits per heavy atom. The molecule has 0 aromatic carbocycles. The van der Waals surface area contributed by atoms with Gasteiger partial charge in [0.1, 0.15) is 12.1 Å². The molecule has 5 heteroatoms. The molecule has 98 valence electrons. The van der Waals surface area contributed by atoms with E-state index >= 15 is 0 Å². The smallest absolute Gasteiger partial charge is 0.357 e. The molecule has 1 heterocycles. The fourth-order valence-electron chi connectivity index (χ4n) is 2.21. The Morgan fingerprint density at radius 1 is 1.39 bits per heavy atom. The number of nitrogens with one attached hydrogen (secondary N) is 1. The van der Waals surface area contributed by atoms with Gasteiger partial charge in [0.15, 0.2) is 5.69 Å². The zero-order chi connectivity index (χ0) is 12.8. The van der Waals surface area contributed by atoms with Crippen molar-refractivity contribution in [2.45, 2.75) is 45.1 Å². The quantitative estimate of drug-likeness (QED) is 0.830. The van der Waals surface area contributed by atoms with Crippen LogP contribution in [-0.2, 0) is 4.74 Å². The van der Waals surface area contributed by atoms with Crippen LogP contribution in [0.25, 0.3) is 0 Å². The van der Waals surface area contributed by atoms with E-state index in [0.29, 0.717) is 24.2 Å². The fraction of sp³-hybridized carbons (Fsp3) is 0.615.